The van der Waals surface area contributed by atoms with Crippen molar-refractivity contribution in [3.05, 3.63) is 46.0 Å². The van der Waals surface area contributed by atoms with Gasteiger partial charge in [-0.1, -0.05) is 20.8 Å². The lowest BCUT2D eigenvalue weighted by atomic mass is 9.88. The summed E-state index contributed by atoms with van der Waals surface area (Å²) >= 11 is 0. The molecule has 1 saturated heterocycles. The summed E-state index contributed by atoms with van der Waals surface area (Å²) in [5, 5.41) is 0. The van der Waals surface area contributed by atoms with Crippen LogP contribution < -0.4 is 5.56 Å². The molecule has 1 atom stereocenters. The molecular formula is C19H25N3O2. The maximum Gasteiger partial charge on any atom is 0.262 e. The van der Waals surface area contributed by atoms with E-state index < -0.39 is 0 Å². The van der Waals surface area contributed by atoms with Crippen molar-refractivity contribution in [1.29, 1.82) is 0 Å². The Kier molecular flexibility index (Phi) is 4.30. The minimum absolute atomic E-state index is 0.0215. The van der Waals surface area contributed by atoms with E-state index in [1.54, 1.807) is 17.5 Å². The highest BCUT2D eigenvalue weighted by atomic mass is 16.1. The van der Waals surface area contributed by atoms with Crippen molar-refractivity contribution in [1.82, 2.24) is 14.3 Å². The first-order valence-corrected chi connectivity index (χ1v) is 8.49. The highest BCUT2D eigenvalue weighted by Crippen LogP contribution is 2.22. The van der Waals surface area contributed by atoms with E-state index in [9.17, 15) is 9.59 Å². The Hall–Kier alpha value is -2.01. The highest BCUT2D eigenvalue weighted by Gasteiger charge is 2.26. The monoisotopic (exact) mass is 327 g/mol. The van der Waals surface area contributed by atoms with Gasteiger partial charge < -0.3 is 0 Å². The molecule has 2 aromatic rings. The van der Waals surface area contributed by atoms with Crippen molar-refractivity contribution in [2.24, 2.45) is 5.92 Å². The van der Waals surface area contributed by atoms with Gasteiger partial charge in [0.2, 0.25) is 0 Å². The summed E-state index contributed by atoms with van der Waals surface area (Å²) in [5.41, 5.74) is 2.52. The fraction of sp³-hybridized carbons (Fsp3) is 0.526. The van der Waals surface area contributed by atoms with Crippen LogP contribution >= 0.6 is 0 Å². The van der Waals surface area contributed by atoms with Crippen LogP contribution in [0.4, 0.5) is 0 Å². The molecule has 0 aliphatic carbocycles. The SMILES string of the molecule is CC(=O)[C@H]1CCN(Cc2cnc3cc(C(C)(C)C)ccn3c2=O)C1. The largest absolute Gasteiger partial charge is 0.300 e. The number of likely N-dealkylation sites (tertiary alicyclic amines) is 1. The average molecular weight is 327 g/mol. The molecule has 0 spiro atoms. The van der Waals surface area contributed by atoms with Crippen LogP contribution in [0.3, 0.4) is 0 Å². The van der Waals surface area contributed by atoms with E-state index in [-0.39, 0.29) is 22.7 Å². The summed E-state index contributed by atoms with van der Waals surface area (Å²) in [6.45, 7) is 10.2. The van der Waals surface area contributed by atoms with E-state index in [1.807, 2.05) is 18.3 Å². The van der Waals surface area contributed by atoms with Gasteiger partial charge in [0.05, 0.1) is 5.56 Å². The quantitative estimate of drug-likeness (QED) is 0.869. The standard InChI is InChI=1S/C19H25N3O2/c1-13(23)14-5-7-21(11-14)12-15-10-20-17-9-16(19(2,3)4)6-8-22(17)18(15)24/h6,8-10,14H,5,7,11-12H2,1-4H3/t14-/m0/s1. The van der Waals surface area contributed by atoms with Crippen LogP contribution in [-0.2, 0) is 16.8 Å². The number of carbonyl (C=O) groups is 1. The van der Waals surface area contributed by atoms with Gasteiger partial charge in [0.25, 0.3) is 5.56 Å². The Morgan fingerprint density at radius 1 is 1.38 bits per heavy atom. The Labute approximate surface area is 142 Å². The first kappa shape index (κ1) is 16.8. The fourth-order valence-corrected chi connectivity index (χ4v) is 3.24. The first-order valence-electron chi connectivity index (χ1n) is 8.49. The lowest BCUT2D eigenvalue weighted by Crippen LogP contribution is -2.28. The van der Waals surface area contributed by atoms with Gasteiger partial charge in [-0.2, -0.15) is 0 Å². The van der Waals surface area contributed by atoms with E-state index >= 15 is 0 Å². The van der Waals surface area contributed by atoms with Crippen LogP contribution in [0, 0.1) is 5.92 Å². The number of hydrogen-bond acceptors (Lipinski definition) is 4. The molecule has 0 radical (unpaired) electrons. The van der Waals surface area contributed by atoms with Gasteiger partial charge in [0, 0.05) is 31.4 Å². The molecule has 2 aromatic heterocycles. The predicted octanol–water partition coefficient (Wildman–Crippen LogP) is 2.40. The molecule has 1 aliphatic heterocycles. The number of aromatic nitrogens is 2. The Bertz CT molecular complexity index is 833. The Morgan fingerprint density at radius 3 is 2.75 bits per heavy atom. The van der Waals surface area contributed by atoms with Crippen LogP contribution in [0.1, 0.15) is 45.2 Å². The third kappa shape index (κ3) is 3.26. The third-order valence-electron chi connectivity index (χ3n) is 4.89. The average Bonchev–Trinajstić information content (AvgIpc) is 2.98. The van der Waals surface area contributed by atoms with Gasteiger partial charge in [-0.05, 0) is 43.0 Å². The van der Waals surface area contributed by atoms with Crippen molar-refractivity contribution in [2.75, 3.05) is 13.1 Å². The summed E-state index contributed by atoms with van der Waals surface area (Å²) in [7, 11) is 0. The summed E-state index contributed by atoms with van der Waals surface area (Å²) in [6.07, 6.45) is 4.38. The molecule has 1 aliphatic rings. The molecule has 128 valence electrons. The van der Waals surface area contributed by atoms with Gasteiger partial charge in [0.1, 0.15) is 11.4 Å². The van der Waals surface area contributed by atoms with Crippen molar-refractivity contribution in [3.63, 3.8) is 0 Å². The molecule has 1 fully saturated rings. The van der Waals surface area contributed by atoms with Crippen LogP contribution in [-0.4, -0.2) is 33.2 Å². The highest BCUT2D eigenvalue weighted by molar-refractivity contribution is 5.78. The number of rotatable bonds is 3. The number of ketones is 1. The summed E-state index contributed by atoms with van der Waals surface area (Å²) < 4.78 is 1.61. The van der Waals surface area contributed by atoms with Crippen LogP contribution in [0.5, 0.6) is 0 Å². The molecule has 24 heavy (non-hydrogen) atoms. The van der Waals surface area contributed by atoms with Crippen LogP contribution in [0.2, 0.25) is 0 Å². The first-order chi connectivity index (χ1) is 11.3. The lowest BCUT2D eigenvalue weighted by Gasteiger charge is -2.19. The molecular weight excluding hydrogens is 302 g/mol. The minimum atomic E-state index is -0.0215. The van der Waals surface area contributed by atoms with Gasteiger partial charge in [-0.3, -0.25) is 18.9 Å². The topological polar surface area (TPSA) is 54.7 Å². The minimum Gasteiger partial charge on any atom is -0.300 e. The molecule has 0 saturated carbocycles. The zero-order valence-corrected chi connectivity index (χ0v) is 14.9. The second kappa shape index (κ2) is 6.13. The van der Waals surface area contributed by atoms with E-state index in [4.69, 9.17) is 0 Å². The lowest BCUT2D eigenvalue weighted by molar-refractivity contribution is -0.120. The smallest absolute Gasteiger partial charge is 0.262 e. The molecule has 0 N–H and O–H groups in total. The molecule has 3 rings (SSSR count). The molecule has 0 amide bonds. The maximum atomic E-state index is 12.7. The van der Waals surface area contributed by atoms with Crippen LogP contribution in [0.25, 0.3) is 5.65 Å². The van der Waals surface area contributed by atoms with Crippen LogP contribution in [0.15, 0.2) is 29.3 Å². The van der Waals surface area contributed by atoms with E-state index in [0.717, 1.165) is 25.1 Å². The third-order valence-corrected chi connectivity index (χ3v) is 4.89. The number of Topliss-reactive ketones (excluding diaryl/α,β-unsaturated/α-hetero) is 1. The maximum absolute atomic E-state index is 12.7. The normalized spacial score (nSPS) is 19.1. The van der Waals surface area contributed by atoms with Crippen molar-refractivity contribution >= 4 is 11.4 Å². The van der Waals surface area contributed by atoms with Crippen molar-refractivity contribution < 1.29 is 4.79 Å². The van der Waals surface area contributed by atoms with Gasteiger partial charge in [0.15, 0.2) is 0 Å². The summed E-state index contributed by atoms with van der Waals surface area (Å²) in [5.74, 6) is 0.344. The van der Waals surface area contributed by atoms with Gasteiger partial charge in [-0.25, -0.2) is 4.98 Å². The van der Waals surface area contributed by atoms with E-state index in [1.165, 1.54) is 0 Å². The Balaban J connectivity index is 1.87. The molecule has 5 heteroatoms. The fourth-order valence-electron chi connectivity index (χ4n) is 3.24. The van der Waals surface area contributed by atoms with Gasteiger partial charge >= 0.3 is 0 Å². The number of pyridine rings is 1. The molecule has 5 nitrogen and oxygen atoms in total. The molecule has 0 bridgehead atoms. The number of carbonyl (C=O) groups excluding carboxylic acids is 1. The Morgan fingerprint density at radius 2 is 2.12 bits per heavy atom. The van der Waals surface area contributed by atoms with E-state index in [2.05, 4.69) is 30.7 Å². The van der Waals surface area contributed by atoms with E-state index in [0.29, 0.717) is 17.8 Å². The number of hydrogen-bond donors (Lipinski definition) is 0. The molecule has 0 unspecified atom stereocenters. The molecule has 3 heterocycles. The number of nitrogens with zero attached hydrogens (tertiary/aromatic N) is 3. The zero-order valence-electron chi connectivity index (χ0n) is 14.9. The summed E-state index contributed by atoms with van der Waals surface area (Å²) in [6, 6.07) is 3.97. The summed E-state index contributed by atoms with van der Waals surface area (Å²) in [4.78, 5) is 30.9. The zero-order chi connectivity index (χ0) is 17.5. The molecule has 0 aromatic carbocycles. The second-order valence-corrected chi connectivity index (χ2v) is 7.81. The predicted molar refractivity (Wildman–Crippen MR) is 94.2 cm³/mol. The number of fused-ring (bicyclic) bond motifs is 1. The second-order valence-electron chi connectivity index (χ2n) is 7.81. The van der Waals surface area contributed by atoms with Crippen molar-refractivity contribution in [2.45, 2.75) is 46.1 Å². The van der Waals surface area contributed by atoms with Crippen molar-refractivity contribution in [3.8, 4) is 0 Å². The van der Waals surface area contributed by atoms with Gasteiger partial charge in [-0.15, -0.1) is 0 Å².